The van der Waals surface area contributed by atoms with Gasteiger partial charge in [0.05, 0.1) is 49.8 Å². The van der Waals surface area contributed by atoms with Gasteiger partial charge in [0.15, 0.2) is 16.3 Å². The van der Waals surface area contributed by atoms with Gasteiger partial charge in [-0.1, -0.05) is 75.8 Å². The van der Waals surface area contributed by atoms with Gasteiger partial charge in [-0.2, -0.15) is 0 Å². The Kier molecular flexibility index (Phi) is 11.3. The third-order valence-corrected chi connectivity index (χ3v) is 10.8. The molecule has 0 bridgehead atoms. The molecule has 5 aromatic rings. The fourth-order valence-electron chi connectivity index (χ4n) is 5.47. The fourth-order valence-corrected chi connectivity index (χ4v) is 8.86. The van der Waals surface area contributed by atoms with E-state index in [1.807, 2.05) is 78.9 Å². The third-order valence-electron chi connectivity index (χ3n) is 7.71. The summed E-state index contributed by atoms with van der Waals surface area (Å²) in [6.45, 7) is 2.34. The predicted octanol–water partition coefficient (Wildman–Crippen LogP) is 7.50. The van der Waals surface area contributed by atoms with Gasteiger partial charge in [-0.25, -0.2) is 9.79 Å². The Balaban J connectivity index is 1.50. The van der Waals surface area contributed by atoms with Gasteiger partial charge in [0, 0.05) is 10.0 Å². The van der Waals surface area contributed by atoms with Crippen LogP contribution in [-0.2, 0) is 16.1 Å². The molecule has 1 aromatic heterocycles. The topological polar surface area (TPSA) is 88.4 Å². The zero-order valence-corrected chi connectivity index (χ0v) is 33.3. The van der Waals surface area contributed by atoms with Gasteiger partial charge in [0.1, 0.15) is 12.4 Å². The minimum absolute atomic E-state index is 0.160. The van der Waals surface area contributed by atoms with Crippen molar-refractivity contribution < 1.29 is 23.7 Å². The van der Waals surface area contributed by atoms with E-state index in [0.717, 1.165) is 34.1 Å². The lowest BCUT2D eigenvalue weighted by Gasteiger charge is -2.26. The van der Waals surface area contributed by atoms with Crippen molar-refractivity contribution >= 4 is 90.2 Å². The minimum atomic E-state index is -0.845. The highest BCUT2D eigenvalue weighted by Gasteiger charge is 2.35. The molecule has 0 radical (unpaired) electrons. The summed E-state index contributed by atoms with van der Waals surface area (Å²) in [5.74, 6) is 1.22. The standard InChI is InChI=1S/C37H29BrI2N2O6S/c1-4-47-36(44)31-32(23-8-6-5-7-9-23)41-37-42(33(31)24-12-15-28(45-2)29(19-24)46-3)35(43)30(49-37)18-22-16-26(39)34(27(40)17-22)48-20-21-10-13-25(38)14-11-21/h5-19,33H,4,20H2,1-3H3/b30-18-/t33-/m1/s1. The first-order valence-electron chi connectivity index (χ1n) is 15.1. The lowest BCUT2D eigenvalue weighted by atomic mass is 9.93. The molecule has 0 aliphatic carbocycles. The van der Waals surface area contributed by atoms with Crippen molar-refractivity contribution in [3.8, 4) is 17.2 Å². The Hall–Kier alpha value is -3.47. The molecule has 6 rings (SSSR count). The van der Waals surface area contributed by atoms with Crippen molar-refractivity contribution in [2.45, 2.75) is 19.6 Å². The number of ether oxygens (including phenoxy) is 4. The number of hydrogen-bond acceptors (Lipinski definition) is 8. The van der Waals surface area contributed by atoms with Crippen LogP contribution in [0.3, 0.4) is 0 Å². The number of halogens is 3. The summed E-state index contributed by atoms with van der Waals surface area (Å²) in [5, 5.41) is 0. The fraction of sp³-hybridized carbons (Fsp3) is 0.162. The molecule has 12 heteroatoms. The molecular formula is C37H29BrI2N2O6S. The molecule has 250 valence electrons. The average molecular weight is 963 g/mol. The number of nitrogens with zero attached hydrogens (tertiary/aromatic N) is 2. The van der Waals surface area contributed by atoms with Crippen LogP contribution >= 0.6 is 72.4 Å². The van der Waals surface area contributed by atoms with Crippen LogP contribution in [0.2, 0.25) is 0 Å². The maximum absolute atomic E-state index is 14.4. The van der Waals surface area contributed by atoms with E-state index in [9.17, 15) is 9.59 Å². The second-order valence-electron chi connectivity index (χ2n) is 10.8. The number of fused-ring (bicyclic) bond motifs is 1. The van der Waals surface area contributed by atoms with Crippen LogP contribution in [0.4, 0.5) is 0 Å². The molecule has 4 aromatic carbocycles. The van der Waals surface area contributed by atoms with Gasteiger partial charge in [-0.15, -0.1) is 0 Å². The third kappa shape index (κ3) is 7.51. The highest BCUT2D eigenvalue weighted by atomic mass is 127. The molecule has 0 unspecified atom stereocenters. The van der Waals surface area contributed by atoms with Crippen molar-refractivity contribution in [2.75, 3.05) is 20.8 Å². The number of carbonyl (C=O) groups is 1. The van der Waals surface area contributed by atoms with Gasteiger partial charge in [-0.05, 0) is 111 Å². The van der Waals surface area contributed by atoms with E-state index in [-0.39, 0.29) is 17.7 Å². The molecule has 1 aliphatic heterocycles. The maximum Gasteiger partial charge on any atom is 0.338 e. The van der Waals surface area contributed by atoms with E-state index in [1.54, 1.807) is 37.8 Å². The first-order valence-corrected chi connectivity index (χ1v) is 18.9. The number of rotatable bonds is 10. The molecular weight excluding hydrogens is 934 g/mol. The number of methoxy groups -OCH3 is 2. The first kappa shape index (κ1) is 35.4. The SMILES string of the molecule is CCOC(=O)C1=C(c2ccccc2)N=c2s/c(=C\c3cc(I)c(OCc4ccc(Br)cc4)c(I)c3)c(=O)n2[C@@H]1c1ccc(OC)c(OC)c1. The summed E-state index contributed by atoms with van der Waals surface area (Å²) >= 11 is 9.26. The van der Waals surface area contributed by atoms with Crippen LogP contribution in [0.5, 0.6) is 17.2 Å². The van der Waals surface area contributed by atoms with Crippen molar-refractivity contribution in [2.24, 2.45) is 4.99 Å². The Morgan fingerprint density at radius 2 is 1.65 bits per heavy atom. The van der Waals surface area contributed by atoms with Crippen LogP contribution in [-0.4, -0.2) is 31.4 Å². The number of thiazole rings is 1. The second-order valence-corrected chi connectivity index (χ2v) is 15.0. The van der Waals surface area contributed by atoms with Crippen LogP contribution in [0, 0.1) is 7.14 Å². The number of benzene rings is 4. The Bertz CT molecular complexity index is 2230. The average Bonchev–Trinajstić information content (AvgIpc) is 3.41. The number of aromatic nitrogens is 1. The van der Waals surface area contributed by atoms with Gasteiger partial charge < -0.3 is 18.9 Å². The highest BCUT2D eigenvalue weighted by Crippen LogP contribution is 2.38. The van der Waals surface area contributed by atoms with Crippen LogP contribution in [0.1, 0.15) is 35.2 Å². The molecule has 2 heterocycles. The lowest BCUT2D eigenvalue weighted by Crippen LogP contribution is -2.40. The number of carbonyl (C=O) groups excluding carboxylic acids is 1. The van der Waals surface area contributed by atoms with Crippen molar-refractivity contribution in [1.29, 1.82) is 0 Å². The zero-order chi connectivity index (χ0) is 34.7. The van der Waals surface area contributed by atoms with Crippen molar-refractivity contribution in [3.05, 3.63) is 144 Å². The summed E-state index contributed by atoms with van der Waals surface area (Å²) in [6, 6.07) is 26.0. The Morgan fingerprint density at radius 1 is 0.959 bits per heavy atom. The zero-order valence-electron chi connectivity index (χ0n) is 26.5. The summed E-state index contributed by atoms with van der Waals surface area (Å²) in [7, 11) is 3.10. The predicted molar refractivity (Wildman–Crippen MR) is 211 cm³/mol. The van der Waals surface area contributed by atoms with E-state index in [0.29, 0.717) is 38.7 Å². The van der Waals surface area contributed by atoms with E-state index in [1.165, 1.54) is 11.3 Å². The van der Waals surface area contributed by atoms with Crippen LogP contribution in [0.15, 0.2) is 105 Å². The normalized spacial score (nSPS) is 14.2. The smallest absolute Gasteiger partial charge is 0.338 e. The van der Waals surface area contributed by atoms with Gasteiger partial charge in [0.2, 0.25) is 0 Å². The van der Waals surface area contributed by atoms with E-state index in [2.05, 4.69) is 61.1 Å². The molecule has 0 amide bonds. The van der Waals surface area contributed by atoms with E-state index < -0.39 is 12.0 Å². The molecule has 0 saturated carbocycles. The quantitative estimate of drug-likeness (QED) is 0.107. The number of hydrogen-bond donors (Lipinski definition) is 0. The Morgan fingerprint density at radius 3 is 2.31 bits per heavy atom. The van der Waals surface area contributed by atoms with Crippen LogP contribution < -0.4 is 29.1 Å². The molecule has 0 N–H and O–H groups in total. The minimum Gasteiger partial charge on any atom is -0.493 e. The monoisotopic (exact) mass is 962 g/mol. The van der Waals surface area contributed by atoms with Gasteiger partial charge in [-0.3, -0.25) is 9.36 Å². The lowest BCUT2D eigenvalue weighted by molar-refractivity contribution is -0.138. The van der Waals surface area contributed by atoms with Gasteiger partial charge in [0.25, 0.3) is 5.56 Å². The largest absolute Gasteiger partial charge is 0.493 e. The molecule has 1 aliphatic rings. The maximum atomic E-state index is 14.4. The summed E-state index contributed by atoms with van der Waals surface area (Å²) < 4.78 is 27.8. The molecule has 1 atom stereocenters. The molecule has 8 nitrogen and oxygen atoms in total. The van der Waals surface area contributed by atoms with Gasteiger partial charge >= 0.3 is 5.97 Å². The summed E-state index contributed by atoms with van der Waals surface area (Å²) in [4.78, 5) is 33.6. The highest BCUT2D eigenvalue weighted by molar-refractivity contribution is 14.1. The summed E-state index contributed by atoms with van der Waals surface area (Å²) in [5.41, 5.74) is 3.70. The molecule has 0 spiro atoms. The Labute approximate surface area is 322 Å². The van der Waals surface area contributed by atoms with Crippen LogP contribution in [0.25, 0.3) is 11.8 Å². The number of esters is 1. The van der Waals surface area contributed by atoms with Crippen molar-refractivity contribution in [3.63, 3.8) is 0 Å². The molecule has 0 fully saturated rings. The summed E-state index contributed by atoms with van der Waals surface area (Å²) in [6.07, 6.45) is 1.86. The molecule has 49 heavy (non-hydrogen) atoms. The van der Waals surface area contributed by atoms with Crippen molar-refractivity contribution in [1.82, 2.24) is 4.57 Å². The van der Waals surface area contributed by atoms with E-state index in [4.69, 9.17) is 23.9 Å². The second kappa shape index (κ2) is 15.6. The van der Waals surface area contributed by atoms with E-state index >= 15 is 0 Å². The molecule has 0 saturated heterocycles. The first-order chi connectivity index (χ1) is 23.7.